The monoisotopic (exact) mass is 447 g/mol. The first-order chi connectivity index (χ1) is 14.6. The van der Waals surface area contributed by atoms with Crippen molar-refractivity contribution in [3.63, 3.8) is 0 Å². The Morgan fingerprint density at radius 3 is 2.83 bits per heavy atom. The van der Waals surface area contributed by atoms with Crippen LogP contribution in [0, 0.1) is 5.92 Å². The van der Waals surface area contributed by atoms with Crippen molar-refractivity contribution in [2.75, 3.05) is 19.7 Å². The highest BCUT2D eigenvalue weighted by Gasteiger charge is 2.33. The fourth-order valence-corrected chi connectivity index (χ4v) is 4.75. The van der Waals surface area contributed by atoms with Gasteiger partial charge in [-0.2, -0.15) is 0 Å². The van der Waals surface area contributed by atoms with Crippen LogP contribution < -0.4 is 5.32 Å². The lowest BCUT2D eigenvalue weighted by molar-refractivity contribution is -0.131. The van der Waals surface area contributed by atoms with Gasteiger partial charge in [-0.15, -0.1) is 0 Å². The Hall–Kier alpha value is -1.66. The number of pyridine rings is 1. The molecule has 5 nitrogen and oxygen atoms in total. The first-order valence-electron chi connectivity index (χ1n) is 10.6. The van der Waals surface area contributed by atoms with Gasteiger partial charge in [-0.25, -0.2) is 0 Å². The molecule has 0 bridgehead atoms. The van der Waals surface area contributed by atoms with E-state index in [1.165, 1.54) is 0 Å². The molecular weight excluding hydrogens is 421 g/mol. The van der Waals surface area contributed by atoms with E-state index in [1.54, 1.807) is 6.20 Å². The summed E-state index contributed by atoms with van der Waals surface area (Å²) in [6.07, 6.45) is 5.29. The van der Waals surface area contributed by atoms with Crippen LogP contribution in [-0.4, -0.2) is 41.6 Å². The number of nitrogens with zero attached hydrogens (tertiary/aromatic N) is 2. The molecule has 2 aromatic rings. The predicted molar refractivity (Wildman–Crippen MR) is 119 cm³/mol. The van der Waals surface area contributed by atoms with Gasteiger partial charge >= 0.3 is 0 Å². The minimum atomic E-state index is -0.341. The van der Waals surface area contributed by atoms with E-state index in [0.717, 1.165) is 56.6 Å². The molecule has 0 spiro atoms. The molecule has 4 rings (SSSR count). The number of carbonyl (C=O) groups excluding carboxylic acids is 1. The van der Waals surface area contributed by atoms with Crippen LogP contribution >= 0.6 is 23.2 Å². The Balaban J connectivity index is 1.48. The third kappa shape index (κ3) is 5.33. The van der Waals surface area contributed by atoms with Gasteiger partial charge in [-0.1, -0.05) is 35.3 Å². The molecule has 3 unspecified atom stereocenters. The lowest BCUT2D eigenvalue weighted by Crippen LogP contribution is -2.45. The van der Waals surface area contributed by atoms with Crippen molar-refractivity contribution in [1.29, 1.82) is 0 Å². The Bertz CT molecular complexity index is 859. The molecule has 2 fully saturated rings. The fraction of sp³-hybridized carbons (Fsp3) is 0.478. The number of aromatic nitrogens is 1. The van der Waals surface area contributed by atoms with Crippen LogP contribution in [0.4, 0.5) is 0 Å². The quantitative estimate of drug-likeness (QED) is 0.700. The smallest absolute Gasteiger partial charge is 0.249 e. The number of nitrogens with one attached hydrogen (secondary N) is 1. The zero-order valence-corrected chi connectivity index (χ0v) is 18.4. The van der Waals surface area contributed by atoms with Crippen LogP contribution in [-0.2, 0) is 16.1 Å². The van der Waals surface area contributed by atoms with E-state index in [2.05, 4.69) is 15.2 Å². The molecule has 1 amide bonds. The lowest BCUT2D eigenvalue weighted by atomic mass is 9.88. The summed E-state index contributed by atoms with van der Waals surface area (Å²) in [6.45, 7) is 3.37. The molecule has 2 aliphatic rings. The SMILES string of the molecule is O=C(NC(c1ccccn1)C1CCCN(Cc2ccc(Cl)c(Cl)c2)C1)C1CCCO1. The number of amides is 1. The van der Waals surface area contributed by atoms with E-state index >= 15 is 0 Å². The minimum Gasteiger partial charge on any atom is -0.368 e. The maximum absolute atomic E-state index is 12.8. The van der Waals surface area contributed by atoms with Crippen molar-refractivity contribution in [1.82, 2.24) is 15.2 Å². The van der Waals surface area contributed by atoms with Gasteiger partial charge in [-0.3, -0.25) is 14.7 Å². The zero-order chi connectivity index (χ0) is 20.9. The highest BCUT2D eigenvalue weighted by molar-refractivity contribution is 6.42. The van der Waals surface area contributed by atoms with E-state index in [9.17, 15) is 4.79 Å². The predicted octanol–water partition coefficient (Wildman–Crippen LogP) is 4.64. The number of carbonyl (C=O) groups is 1. The minimum absolute atomic E-state index is 0.0234. The summed E-state index contributed by atoms with van der Waals surface area (Å²) in [6, 6.07) is 11.6. The number of halogens is 2. The summed E-state index contributed by atoms with van der Waals surface area (Å²) >= 11 is 12.2. The van der Waals surface area contributed by atoms with Crippen LogP contribution in [0.15, 0.2) is 42.6 Å². The van der Waals surface area contributed by atoms with Crippen molar-refractivity contribution in [2.24, 2.45) is 5.92 Å². The molecule has 7 heteroatoms. The molecule has 0 radical (unpaired) electrons. The van der Waals surface area contributed by atoms with Gasteiger partial charge in [0.15, 0.2) is 0 Å². The van der Waals surface area contributed by atoms with Gasteiger partial charge in [0.1, 0.15) is 6.10 Å². The summed E-state index contributed by atoms with van der Waals surface area (Å²) in [7, 11) is 0. The second kappa shape index (κ2) is 10.1. The van der Waals surface area contributed by atoms with Crippen LogP contribution in [0.25, 0.3) is 0 Å². The maximum atomic E-state index is 12.8. The van der Waals surface area contributed by atoms with Crippen LogP contribution in [0.5, 0.6) is 0 Å². The standard InChI is InChI=1S/C23H27Cl2N3O2/c24-18-9-8-16(13-19(18)25)14-28-11-3-5-17(15-28)22(20-6-1-2-10-26-20)27-23(29)21-7-4-12-30-21/h1-2,6,8-10,13,17,21-22H,3-5,7,11-12,14-15H2,(H,27,29). The van der Waals surface area contributed by atoms with Crippen molar-refractivity contribution in [2.45, 2.75) is 44.4 Å². The molecule has 3 heterocycles. The first-order valence-corrected chi connectivity index (χ1v) is 11.3. The van der Waals surface area contributed by atoms with Gasteiger partial charge < -0.3 is 10.1 Å². The highest BCUT2D eigenvalue weighted by atomic mass is 35.5. The Kier molecular flexibility index (Phi) is 7.26. The molecule has 2 aliphatic heterocycles. The molecule has 2 saturated heterocycles. The van der Waals surface area contributed by atoms with Crippen LogP contribution in [0.1, 0.15) is 43.0 Å². The molecule has 30 heavy (non-hydrogen) atoms. The molecule has 1 aromatic heterocycles. The third-order valence-electron chi connectivity index (χ3n) is 5.93. The van der Waals surface area contributed by atoms with Gasteiger partial charge in [0, 0.05) is 25.9 Å². The van der Waals surface area contributed by atoms with E-state index in [-0.39, 0.29) is 24.0 Å². The van der Waals surface area contributed by atoms with E-state index in [0.29, 0.717) is 16.7 Å². The molecule has 0 saturated carbocycles. The Morgan fingerprint density at radius 1 is 1.20 bits per heavy atom. The summed E-state index contributed by atoms with van der Waals surface area (Å²) in [4.78, 5) is 19.8. The maximum Gasteiger partial charge on any atom is 0.249 e. The van der Waals surface area contributed by atoms with Crippen molar-refractivity contribution in [3.8, 4) is 0 Å². The molecule has 1 aromatic carbocycles. The summed E-state index contributed by atoms with van der Waals surface area (Å²) in [5.41, 5.74) is 2.05. The summed E-state index contributed by atoms with van der Waals surface area (Å²) in [5.74, 6) is 0.256. The molecule has 160 valence electrons. The largest absolute Gasteiger partial charge is 0.368 e. The zero-order valence-electron chi connectivity index (χ0n) is 16.9. The summed E-state index contributed by atoms with van der Waals surface area (Å²) < 4.78 is 5.59. The molecule has 0 aliphatic carbocycles. The Labute approximate surface area is 187 Å². The van der Waals surface area contributed by atoms with Crippen LogP contribution in [0.2, 0.25) is 10.0 Å². The molecular formula is C23H27Cl2N3O2. The van der Waals surface area contributed by atoms with Gasteiger partial charge in [0.2, 0.25) is 5.91 Å². The number of rotatable bonds is 6. The number of piperidine rings is 1. The topological polar surface area (TPSA) is 54.5 Å². The molecule has 1 N–H and O–H groups in total. The lowest BCUT2D eigenvalue weighted by Gasteiger charge is -2.37. The molecule has 3 atom stereocenters. The van der Waals surface area contributed by atoms with Gasteiger partial charge in [0.25, 0.3) is 0 Å². The van der Waals surface area contributed by atoms with Gasteiger partial charge in [0.05, 0.1) is 21.8 Å². The van der Waals surface area contributed by atoms with Gasteiger partial charge in [-0.05, 0) is 68.0 Å². The highest BCUT2D eigenvalue weighted by Crippen LogP contribution is 2.31. The van der Waals surface area contributed by atoms with E-state index in [1.807, 2.05) is 36.4 Å². The average Bonchev–Trinajstić information content (AvgIpc) is 3.30. The van der Waals surface area contributed by atoms with Crippen LogP contribution in [0.3, 0.4) is 0 Å². The van der Waals surface area contributed by atoms with E-state index < -0.39 is 0 Å². The third-order valence-corrected chi connectivity index (χ3v) is 6.67. The number of hydrogen-bond acceptors (Lipinski definition) is 4. The van der Waals surface area contributed by atoms with E-state index in [4.69, 9.17) is 27.9 Å². The van der Waals surface area contributed by atoms with Crippen molar-refractivity contribution in [3.05, 3.63) is 63.9 Å². The number of hydrogen-bond donors (Lipinski definition) is 1. The first kappa shape index (κ1) is 21.6. The van der Waals surface area contributed by atoms with Crippen molar-refractivity contribution < 1.29 is 9.53 Å². The summed E-state index contributed by atoms with van der Waals surface area (Å²) in [5, 5.41) is 4.41. The Morgan fingerprint density at radius 2 is 2.10 bits per heavy atom. The average molecular weight is 448 g/mol. The number of ether oxygens (including phenoxy) is 1. The fourth-order valence-electron chi connectivity index (χ4n) is 4.43. The second-order valence-corrected chi connectivity index (χ2v) is 8.94. The van der Waals surface area contributed by atoms with Crippen molar-refractivity contribution >= 4 is 29.1 Å². The second-order valence-electron chi connectivity index (χ2n) is 8.13. The number of likely N-dealkylation sites (tertiary alicyclic amines) is 1. The normalized spacial score (nSPS) is 23.3. The number of benzene rings is 1.